The van der Waals surface area contributed by atoms with E-state index in [2.05, 4.69) is 10.6 Å². The van der Waals surface area contributed by atoms with Gasteiger partial charge in [0.05, 0.1) is 17.7 Å². The second-order valence-electron chi connectivity index (χ2n) is 8.36. The number of halogens is 1. The topological polar surface area (TPSA) is 91.6 Å². The maximum absolute atomic E-state index is 12.9. The van der Waals surface area contributed by atoms with Crippen LogP contribution in [0.15, 0.2) is 63.8 Å². The molecule has 0 radical (unpaired) electrons. The Hall–Kier alpha value is -2.67. The minimum atomic E-state index is -0.536. The molecule has 1 aromatic heterocycles. The van der Waals surface area contributed by atoms with E-state index in [1.165, 1.54) is 0 Å². The standard InChI is InChI=1S/C24H24N2O4.ClH/c27-21-11-18-13-25-12-17(18)10-20(21)26-23(28)16-6-3-5-14(8-16)19-9-15-4-1-2-7-22(15)30-24(19)29;/h1-9,17-18,20-21,25,27H,10-13H2,(H,26,28);1H/t17-,18+,20-,21-;/m0./s1. The lowest BCUT2D eigenvalue weighted by atomic mass is 9.77. The second kappa shape index (κ2) is 8.83. The Bertz CT molecular complexity index is 1160. The van der Waals surface area contributed by atoms with Crippen molar-refractivity contribution in [1.29, 1.82) is 0 Å². The van der Waals surface area contributed by atoms with Crippen LogP contribution in [0.4, 0.5) is 0 Å². The molecule has 162 valence electrons. The molecule has 7 heteroatoms. The van der Waals surface area contributed by atoms with Gasteiger partial charge < -0.3 is 20.2 Å². The average Bonchev–Trinajstić information content (AvgIpc) is 3.20. The van der Waals surface area contributed by atoms with Crippen molar-refractivity contribution < 1.29 is 14.3 Å². The van der Waals surface area contributed by atoms with Gasteiger partial charge in [-0.25, -0.2) is 4.79 Å². The van der Waals surface area contributed by atoms with E-state index < -0.39 is 11.7 Å². The number of carbonyl (C=O) groups excluding carboxylic acids is 1. The minimum Gasteiger partial charge on any atom is -0.422 e. The lowest BCUT2D eigenvalue weighted by Crippen LogP contribution is -2.49. The molecule has 2 fully saturated rings. The summed E-state index contributed by atoms with van der Waals surface area (Å²) < 4.78 is 5.43. The van der Waals surface area contributed by atoms with Gasteiger partial charge in [-0.3, -0.25) is 4.79 Å². The normalized spacial score (nSPS) is 24.9. The summed E-state index contributed by atoms with van der Waals surface area (Å²) in [6, 6.07) is 15.8. The van der Waals surface area contributed by atoms with Gasteiger partial charge in [-0.1, -0.05) is 30.3 Å². The summed E-state index contributed by atoms with van der Waals surface area (Å²) in [6.45, 7) is 1.88. The smallest absolute Gasteiger partial charge is 0.344 e. The predicted octanol–water partition coefficient (Wildman–Crippen LogP) is 2.97. The predicted molar refractivity (Wildman–Crippen MR) is 122 cm³/mol. The maximum atomic E-state index is 12.9. The molecule has 1 aliphatic heterocycles. The van der Waals surface area contributed by atoms with Gasteiger partial charge in [0, 0.05) is 10.9 Å². The Morgan fingerprint density at radius 2 is 1.81 bits per heavy atom. The SMILES string of the molecule is Cl.O=C(N[C@H]1C[C@H]2CNC[C@H]2C[C@@H]1O)c1cccc(-c2cc3ccccc3oc2=O)c1. The van der Waals surface area contributed by atoms with Crippen molar-refractivity contribution in [2.45, 2.75) is 25.0 Å². The summed E-state index contributed by atoms with van der Waals surface area (Å²) in [5.41, 5.74) is 1.60. The first kappa shape index (κ1) is 21.6. The summed E-state index contributed by atoms with van der Waals surface area (Å²) in [4.78, 5) is 25.4. The quantitative estimate of drug-likeness (QED) is 0.544. The highest BCUT2D eigenvalue weighted by Crippen LogP contribution is 2.33. The number of hydrogen-bond acceptors (Lipinski definition) is 5. The Balaban J connectivity index is 0.00000231. The molecule has 3 aromatic rings. The third-order valence-electron chi connectivity index (χ3n) is 6.44. The van der Waals surface area contributed by atoms with E-state index in [9.17, 15) is 14.7 Å². The zero-order valence-electron chi connectivity index (χ0n) is 16.9. The molecular formula is C24H25ClN2O4. The van der Waals surface area contributed by atoms with Gasteiger partial charge in [-0.2, -0.15) is 0 Å². The molecule has 1 aliphatic carbocycles. The lowest BCUT2D eigenvalue weighted by molar-refractivity contribution is 0.0462. The summed E-state index contributed by atoms with van der Waals surface area (Å²) in [6.07, 6.45) is 0.949. The van der Waals surface area contributed by atoms with Gasteiger partial charge in [0.2, 0.25) is 0 Å². The van der Waals surface area contributed by atoms with Crippen LogP contribution in [0.25, 0.3) is 22.1 Å². The number of aliphatic hydroxyl groups excluding tert-OH is 1. The molecule has 0 bridgehead atoms. The Morgan fingerprint density at radius 3 is 2.65 bits per heavy atom. The summed E-state index contributed by atoms with van der Waals surface area (Å²) in [5, 5.41) is 17.7. The molecule has 6 nitrogen and oxygen atoms in total. The minimum absolute atomic E-state index is 0. The molecule has 0 spiro atoms. The number of carbonyl (C=O) groups is 1. The van der Waals surface area contributed by atoms with E-state index in [1.807, 2.05) is 18.2 Å². The molecule has 4 atom stereocenters. The van der Waals surface area contributed by atoms with Crippen LogP contribution in [-0.4, -0.2) is 36.2 Å². The van der Waals surface area contributed by atoms with Crippen molar-refractivity contribution in [2.75, 3.05) is 13.1 Å². The highest BCUT2D eigenvalue weighted by atomic mass is 35.5. The van der Waals surface area contributed by atoms with Crippen LogP contribution in [0.3, 0.4) is 0 Å². The van der Waals surface area contributed by atoms with Crippen LogP contribution in [0, 0.1) is 11.8 Å². The van der Waals surface area contributed by atoms with Gasteiger partial charge in [-0.15, -0.1) is 12.4 Å². The van der Waals surface area contributed by atoms with Crippen LogP contribution in [0.1, 0.15) is 23.2 Å². The van der Waals surface area contributed by atoms with Crippen LogP contribution >= 0.6 is 12.4 Å². The number of para-hydroxylation sites is 1. The summed E-state index contributed by atoms with van der Waals surface area (Å²) >= 11 is 0. The lowest BCUT2D eigenvalue weighted by Gasteiger charge is -2.35. The molecule has 3 N–H and O–H groups in total. The van der Waals surface area contributed by atoms with Gasteiger partial charge in [0.25, 0.3) is 5.91 Å². The van der Waals surface area contributed by atoms with Gasteiger partial charge in [0.15, 0.2) is 0 Å². The van der Waals surface area contributed by atoms with Crippen molar-refractivity contribution in [3.63, 3.8) is 0 Å². The Kier molecular flexibility index (Phi) is 6.14. The summed E-state index contributed by atoms with van der Waals surface area (Å²) in [5.74, 6) is 0.742. The Morgan fingerprint density at radius 1 is 1.03 bits per heavy atom. The fraction of sp³-hybridized carbons (Fsp3) is 0.333. The highest BCUT2D eigenvalue weighted by molar-refractivity contribution is 5.96. The van der Waals surface area contributed by atoms with E-state index in [1.54, 1.807) is 36.4 Å². The maximum Gasteiger partial charge on any atom is 0.344 e. The average molecular weight is 441 g/mol. The van der Waals surface area contributed by atoms with E-state index in [4.69, 9.17) is 4.42 Å². The first-order chi connectivity index (χ1) is 14.6. The zero-order valence-corrected chi connectivity index (χ0v) is 17.7. The fourth-order valence-electron chi connectivity index (χ4n) is 4.79. The molecule has 1 saturated heterocycles. The zero-order chi connectivity index (χ0) is 20.7. The van der Waals surface area contributed by atoms with E-state index in [0.29, 0.717) is 40.5 Å². The number of hydrogen-bond donors (Lipinski definition) is 3. The molecular weight excluding hydrogens is 416 g/mol. The van der Waals surface area contributed by atoms with E-state index in [0.717, 1.165) is 24.9 Å². The first-order valence-corrected chi connectivity index (χ1v) is 10.4. The van der Waals surface area contributed by atoms with Crippen molar-refractivity contribution in [3.05, 3.63) is 70.6 Å². The highest BCUT2D eigenvalue weighted by Gasteiger charge is 2.39. The number of nitrogens with one attached hydrogen (secondary N) is 2. The van der Waals surface area contributed by atoms with E-state index in [-0.39, 0.29) is 24.4 Å². The van der Waals surface area contributed by atoms with Crippen LogP contribution in [0.2, 0.25) is 0 Å². The fourth-order valence-corrected chi connectivity index (χ4v) is 4.79. The van der Waals surface area contributed by atoms with Crippen molar-refractivity contribution in [1.82, 2.24) is 10.6 Å². The number of rotatable bonds is 3. The first-order valence-electron chi connectivity index (χ1n) is 10.4. The largest absolute Gasteiger partial charge is 0.422 e. The van der Waals surface area contributed by atoms with Gasteiger partial charge in [0.1, 0.15) is 5.58 Å². The van der Waals surface area contributed by atoms with Gasteiger partial charge in [-0.05, 0) is 67.6 Å². The molecule has 2 aromatic carbocycles. The van der Waals surface area contributed by atoms with Gasteiger partial charge >= 0.3 is 5.63 Å². The number of amides is 1. The molecule has 1 saturated carbocycles. The molecule has 0 unspecified atom stereocenters. The second-order valence-corrected chi connectivity index (χ2v) is 8.36. The number of fused-ring (bicyclic) bond motifs is 2. The van der Waals surface area contributed by atoms with Crippen molar-refractivity contribution in [2.24, 2.45) is 11.8 Å². The monoisotopic (exact) mass is 440 g/mol. The van der Waals surface area contributed by atoms with Crippen molar-refractivity contribution in [3.8, 4) is 11.1 Å². The molecule has 2 heterocycles. The van der Waals surface area contributed by atoms with Crippen LogP contribution in [0.5, 0.6) is 0 Å². The molecule has 5 rings (SSSR count). The molecule has 2 aliphatic rings. The Labute approximate surface area is 186 Å². The third-order valence-corrected chi connectivity index (χ3v) is 6.44. The van der Waals surface area contributed by atoms with Crippen LogP contribution in [-0.2, 0) is 0 Å². The third kappa shape index (κ3) is 4.24. The number of benzene rings is 2. The summed E-state index contributed by atoms with van der Waals surface area (Å²) in [7, 11) is 0. The molecule has 1 amide bonds. The van der Waals surface area contributed by atoms with Crippen molar-refractivity contribution >= 4 is 29.3 Å². The number of aliphatic hydroxyl groups is 1. The molecule has 31 heavy (non-hydrogen) atoms. The van der Waals surface area contributed by atoms with E-state index >= 15 is 0 Å². The van der Waals surface area contributed by atoms with Crippen LogP contribution < -0.4 is 16.3 Å².